The van der Waals surface area contributed by atoms with Crippen molar-refractivity contribution in [3.05, 3.63) is 35.9 Å². The molecule has 0 N–H and O–H groups in total. The lowest BCUT2D eigenvalue weighted by atomic mass is 9.71. The Bertz CT molecular complexity index is 492. The molecule has 0 amide bonds. The van der Waals surface area contributed by atoms with Crippen LogP contribution < -0.4 is 4.90 Å². The van der Waals surface area contributed by atoms with E-state index in [-0.39, 0.29) is 0 Å². The van der Waals surface area contributed by atoms with Gasteiger partial charge in [0.1, 0.15) is 0 Å². The molecule has 20 heavy (non-hydrogen) atoms. The van der Waals surface area contributed by atoms with Crippen molar-refractivity contribution in [3.63, 3.8) is 0 Å². The Morgan fingerprint density at radius 3 is 2.05 bits per heavy atom. The number of hydrogen-bond donors (Lipinski definition) is 0. The van der Waals surface area contributed by atoms with Gasteiger partial charge in [0.2, 0.25) is 0 Å². The van der Waals surface area contributed by atoms with Crippen LogP contribution >= 0.6 is 0 Å². The van der Waals surface area contributed by atoms with Gasteiger partial charge in [0, 0.05) is 18.8 Å². The van der Waals surface area contributed by atoms with E-state index in [0.29, 0.717) is 16.7 Å². The summed E-state index contributed by atoms with van der Waals surface area (Å²) in [6, 6.07) is 6.89. The van der Waals surface area contributed by atoms with E-state index < -0.39 is 0 Å². The Balaban J connectivity index is 2.39. The number of nitrogens with zero attached hydrogens (tertiary/aromatic N) is 1. The van der Waals surface area contributed by atoms with Crippen LogP contribution in [0.3, 0.4) is 0 Å². The number of benzene rings is 1. The highest BCUT2D eigenvalue weighted by molar-refractivity contribution is 5.60. The minimum Gasteiger partial charge on any atom is -0.370 e. The summed E-state index contributed by atoms with van der Waals surface area (Å²) in [5.41, 5.74) is 4.67. The van der Waals surface area contributed by atoms with E-state index in [4.69, 9.17) is 0 Å². The Hall–Kier alpha value is -1.24. The van der Waals surface area contributed by atoms with E-state index in [1.54, 1.807) is 0 Å². The van der Waals surface area contributed by atoms with Crippen molar-refractivity contribution in [3.8, 4) is 0 Å². The van der Waals surface area contributed by atoms with Crippen LogP contribution in [0.25, 0.3) is 6.08 Å². The van der Waals surface area contributed by atoms with E-state index >= 15 is 0 Å². The maximum atomic E-state index is 3.94. The standard InChI is InChI=1S/C19H29N/c1-8-15-9-16(14(2)3)11-17(10-15)20-12-18(4,5)19(6,7)13-20/h8-11,14H,1,12-13H2,2-7H3. The van der Waals surface area contributed by atoms with Crippen molar-refractivity contribution < 1.29 is 0 Å². The molecule has 1 aromatic carbocycles. The molecule has 1 heterocycles. The second kappa shape index (κ2) is 4.95. The van der Waals surface area contributed by atoms with E-state index in [1.165, 1.54) is 16.8 Å². The molecule has 0 aliphatic carbocycles. The average Bonchev–Trinajstić information content (AvgIpc) is 2.58. The lowest BCUT2D eigenvalue weighted by Gasteiger charge is -2.32. The van der Waals surface area contributed by atoms with Crippen molar-refractivity contribution in [2.75, 3.05) is 18.0 Å². The summed E-state index contributed by atoms with van der Waals surface area (Å²) >= 11 is 0. The van der Waals surface area contributed by atoms with Gasteiger partial charge in [-0.2, -0.15) is 0 Å². The molecule has 0 atom stereocenters. The molecular formula is C19H29N. The molecule has 110 valence electrons. The number of rotatable bonds is 3. The van der Waals surface area contributed by atoms with Gasteiger partial charge in [-0.1, -0.05) is 60.3 Å². The lowest BCUT2D eigenvalue weighted by molar-refractivity contribution is 0.184. The largest absolute Gasteiger partial charge is 0.370 e. The third kappa shape index (κ3) is 2.63. The number of hydrogen-bond acceptors (Lipinski definition) is 1. The van der Waals surface area contributed by atoms with E-state index in [2.05, 4.69) is 71.2 Å². The first-order chi connectivity index (χ1) is 9.16. The van der Waals surface area contributed by atoms with Gasteiger partial charge in [0.05, 0.1) is 0 Å². The fraction of sp³-hybridized carbons (Fsp3) is 0.579. The summed E-state index contributed by atoms with van der Waals surface area (Å²) in [7, 11) is 0. The summed E-state index contributed by atoms with van der Waals surface area (Å²) < 4.78 is 0. The van der Waals surface area contributed by atoms with Crippen LogP contribution in [0.1, 0.15) is 58.6 Å². The normalized spacial score (nSPS) is 20.4. The summed E-state index contributed by atoms with van der Waals surface area (Å²) in [5, 5.41) is 0. The van der Waals surface area contributed by atoms with Crippen molar-refractivity contribution in [1.82, 2.24) is 0 Å². The van der Waals surface area contributed by atoms with Crippen molar-refractivity contribution in [1.29, 1.82) is 0 Å². The minimum absolute atomic E-state index is 0.342. The second-order valence-electron chi connectivity index (χ2n) is 7.84. The summed E-state index contributed by atoms with van der Waals surface area (Å²) in [6.45, 7) is 20.2. The van der Waals surface area contributed by atoms with Crippen molar-refractivity contribution >= 4 is 11.8 Å². The molecule has 0 bridgehead atoms. The summed E-state index contributed by atoms with van der Waals surface area (Å²) in [5.74, 6) is 0.553. The van der Waals surface area contributed by atoms with E-state index in [0.717, 1.165) is 13.1 Å². The van der Waals surface area contributed by atoms with E-state index in [1.807, 2.05) is 6.08 Å². The number of anilines is 1. The van der Waals surface area contributed by atoms with Gasteiger partial charge in [-0.05, 0) is 40.0 Å². The van der Waals surface area contributed by atoms with Crippen LogP contribution in [0, 0.1) is 10.8 Å². The topological polar surface area (TPSA) is 3.24 Å². The molecule has 0 unspecified atom stereocenters. The van der Waals surface area contributed by atoms with Crippen LogP contribution in [0.4, 0.5) is 5.69 Å². The van der Waals surface area contributed by atoms with Crippen molar-refractivity contribution in [2.45, 2.75) is 47.5 Å². The first-order valence-electron chi connectivity index (χ1n) is 7.69. The van der Waals surface area contributed by atoms with Gasteiger partial charge < -0.3 is 4.90 Å². The van der Waals surface area contributed by atoms with Crippen LogP contribution in [0.15, 0.2) is 24.8 Å². The van der Waals surface area contributed by atoms with Gasteiger partial charge in [-0.3, -0.25) is 0 Å². The zero-order valence-electron chi connectivity index (χ0n) is 14.0. The molecule has 1 aliphatic heterocycles. The predicted molar refractivity (Wildman–Crippen MR) is 90.4 cm³/mol. The molecule has 1 aliphatic rings. The van der Waals surface area contributed by atoms with Crippen LogP contribution in [0.2, 0.25) is 0 Å². The Labute approximate surface area is 124 Å². The van der Waals surface area contributed by atoms with Gasteiger partial charge in [-0.15, -0.1) is 0 Å². The van der Waals surface area contributed by atoms with Crippen LogP contribution in [0.5, 0.6) is 0 Å². The highest BCUT2D eigenvalue weighted by atomic mass is 15.2. The molecule has 2 rings (SSSR count). The smallest absolute Gasteiger partial charge is 0.0375 e. The lowest BCUT2D eigenvalue weighted by Crippen LogP contribution is -2.30. The second-order valence-corrected chi connectivity index (χ2v) is 7.84. The van der Waals surface area contributed by atoms with Crippen LogP contribution in [-0.2, 0) is 0 Å². The predicted octanol–water partition coefficient (Wildman–Crippen LogP) is 5.33. The molecule has 1 aromatic rings. The highest BCUT2D eigenvalue weighted by Gasteiger charge is 2.45. The SMILES string of the molecule is C=Cc1cc(C(C)C)cc(N2CC(C)(C)C(C)(C)C2)c1. The minimum atomic E-state index is 0.342. The molecule has 1 saturated heterocycles. The third-order valence-corrected chi connectivity index (χ3v) is 5.23. The average molecular weight is 271 g/mol. The van der Waals surface area contributed by atoms with Gasteiger partial charge in [-0.25, -0.2) is 0 Å². The van der Waals surface area contributed by atoms with Gasteiger partial charge in [0.15, 0.2) is 0 Å². The fourth-order valence-electron chi connectivity index (χ4n) is 2.91. The zero-order valence-corrected chi connectivity index (χ0v) is 14.0. The molecule has 0 radical (unpaired) electrons. The molecule has 0 spiro atoms. The van der Waals surface area contributed by atoms with Crippen LogP contribution in [-0.4, -0.2) is 13.1 Å². The highest BCUT2D eigenvalue weighted by Crippen LogP contribution is 2.46. The monoisotopic (exact) mass is 271 g/mol. The summed E-state index contributed by atoms with van der Waals surface area (Å²) in [6.07, 6.45) is 1.96. The first-order valence-corrected chi connectivity index (χ1v) is 7.69. The Morgan fingerprint density at radius 2 is 1.60 bits per heavy atom. The third-order valence-electron chi connectivity index (χ3n) is 5.23. The van der Waals surface area contributed by atoms with E-state index in [9.17, 15) is 0 Å². The molecular weight excluding hydrogens is 242 g/mol. The van der Waals surface area contributed by atoms with Gasteiger partial charge in [0.25, 0.3) is 0 Å². The Morgan fingerprint density at radius 1 is 1.05 bits per heavy atom. The first kappa shape index (κ1) is 15.2. The fourth-order valence-corrected chi connectivity index (χ4v) is 2.91. The maximum absolute atomic E-state index is 3.94. The van der Waals surface area contributed by atoms with Crippen molar-refractivity contribution in [2.24, 2.45) is 10.8 Å². The molecule has 1 fully saturated rings. The maximum Gasteiger partial charge on any atom is 0.0375 e. The molecule has 0 saturated carbocycles. The molecule has 1 nitrogen and oxygen atoms in total. The van der Waals surface area contributed by atoms with Gasteiger partial charge >= 0.3 is 0 Å². The quantitative estimate of drug-likeness (QED) is 0.718. The zero-order chi connectivity index (χ0) is 15.1. The summed E-state index contributed by atoms with van der Waals surface area (Å²) in [4.78, 5) is 2.54. The Kier molecular flexibility index (Phi) is 3.75. The molecule has 0 aromatic heterocycles. The molecule has 1 heteroatoms.